The molecule has 1 saturated heterocycles. The standard InChI is InChI=1S/C23H24N6O3/c1-15(31-3)12-20(24-2)19-6-7-25-23(28-19)26-17-4-5-18-16(13-17)14-21(27-18)22(30)29-8-10-32-11-9-29/h4-7,12-14,27H,1-2,8-11H2,3H3,(H,25,26,28)/b20-12-. The maximum absolute atomic E-state index is 12.7. The Morgan fingerprint density at radius 2 is 2.12 bits per heavy atom. The normalized spacial score (nSPS) is 14.3. The number of allylic oxidation sites excluding steroid dienone is 1. The zero-order valence-electron chi connectivity index (χ0n) is 17.8. The SMILES string of the molecule is C=N/C(=C\C(=C)OC)c1ccnc(Nc2ccc3[nH]c(C(=O)N4CCOCC4)cc3c2)n1. The highest BCUT2D eigenvalue weighted by Gasteiger charge is 2.20. The molecule has 2 N–H and O–H groups in total. The van der Waals surface area contributed by atoms with Crippen LogP contribution in [0, 0.1) is 0 Å². The topological polar surface area (TPSA) is 105 Å². The highest BCUT2D eigenvalue weighted by molar-refractivity contribution is 5.98. The Hall–Kier alpha value is -3.98. The monoisotopic (exact) mass is 432 g/mol. The lowest BCUT2D eigenvalue weighted by atomic mass is 10.2. The Morgan fingerprint density at radius 3 is 2.88 bits per heavy atom. The zero-order chi connectivity index (χ0) is 22.5. The third-order valence-electron chi connectivity index (χ3n) is 5.05. The fourth-order valence-corrected chi connectivity index (χ4v) is 3.37. The summed E-state index contributed by atoms with van der Waals surface area (Å²) in [7, 11) is 1.53. The van der Waals surface area contributed by atoms with E-state index in [0.717, 1.165) is 16.6 Å². The number of aromatic amines is 1. The molecule has 0 spiro atoms. The molecule has 0 aliphatic carbocycles. The number of rotatable bonds is 7. The number of amides is 1. The smallest absolute Gasteiger partial charge is 0.270 e. The van der Waals surface area contributed by atoms with E-state index in [0.29, 0.717) is 55.1 Å². The van der Waals surface area contributed by atoms with Crippen molar-refractivity contribution in [3.63, 3.8) is 0 Å². The van der Waals surface area contributed by atoms with E-state index in [4.69, 9.17) is 9.47 Å². The minimum atomic E-state index is -0.0241. The van der Waals surface area contributed by atoms with Gasteiger partial charge >= 0.3 is 0 Å². The Bertz CT molecular complexity index is 1190. The molecule has 1 aromatic carbocycles. The van der Waals surface area contributed by atoms with E-state index in [9.17, 15) is 4.79 Å². The van der Waals surface area contributed by atoms with Gasteiger partial charge in [0.2, 0.25) is 5.95 Å². The molecule has 1 amide bonds. The second-order valence-electron chi connectivity index (χ2n) is 7.14. The van der Waals surface area contributed by atoms with Crippen LogP contribution < -0.4 is 5.32 Å². The van der Waals surface area contributed by atoms with Gasteiger partial charge in [-0.15, -0.1) is 0 Å². The molecule has 3 aromatic rings. The quantitative estimate of drug-likeness (QED) is 0.337. The first-order valence-corrected chi connectivity index (χ1v) is 10.1. The Morgan fingerprint density at radius 1 is 1.31 bits per heavy atom. The van der Waals surface area contributed by atoms with E-state index in [1.165, 1.54) is 7.11 Å². The number of morpholine rings is 1. The summed E-state index contributed by atoms with van der Waals surface area (Å²) >= 11 is 0. The third-order valence-corrected chi connectivity index (χ3v) is 5.05. The van der Waals surface area contributed by atoms with Crippen molar-refractivity contribution in [3.8, 4) is 0 Å². The lowest BCUT2D eigenvalue weighted by Gasteiger charge is -2.26. The van der Waals surface area contributed by atoms with Crippen molar-refractivity contribution in [3.05, 3.63) is 66.3 Å². The fourth-order valence-electron chi connectivity index (χ4n) is 3.37. The van der Waals surface area contributed by atoms with Crippen LogP contribution in [-0.4, -0.2) is 65.9 Å². The Kier molecular flexibility index (Phi) is 6.27. The summed E-state index contributed by atoms with van der Waals surface area (Å²) in [5, 5.41) is 4.10. The predicted molar refractivity (Wildman–Crippen MR) is 124 cm³/mol. The largest absolute Gasteiger partial charge is 0.497 e. The van der Waals surface area contributed by atoms with Gasteiger partial charge in [-0.25, -0.2) is 9.97 Å². The number of hydrogen-bond donors (Lipinski definition) is 2. The van der Waals surface area contributed by atoms with Gasteiger partial charge in [-0.1, -0.05) is 6.58 Å². The van der Waals surface area contributed by atoms with Crippen LogP contribution in [-0.2, 0) is 9.47 Å². The molecule has 1 aliphatic rings. The summed E-state index contributed by atoms with van der Waals surface area (Å²) in [5.74, 6) is 0.823. The molecule has 0 unspecified atom stereocenters. The highest BCUT2D eigenvalue weighted by atomic mass is 16.5. The number of carbonyl (C=O) groups excluding carboxylic acids is 1. The van der Waals surface area contributed by atoms with E-state index in [-0.39, 0.29) is 5.91 Å². The molecular weight excluding hydrogens is 408 g/mol. The number of ether oxygens (including phenoxy) is 2. The number of nitrogens with zero attached hydrogens (tertiary/aromatic N) is 4. The molecule has 9 heteroatoms. The summed E-state index contributed by atoms with van der Waals surface area (Å²) in [6.07, 6.45) is 3.28. The molecule has 2 aromatic heterocycles. The summed E-state index contributed by atoms with van der Waals surface area (Å²) in [6.45, 7) is 9.69. The summed E-state index contributed by atoms with van der Waals surface area (Å²) < 4.78 is 10.4. The summed E-state index contributed by atoms with van der Waals surface area (Å²) in [5.41, 5.74) is 3.33. The number of nitrogens with one attached hydrogen (secondary N) is 2. The first-order valence-electron chi connectivity index (χ1n) is 10.1. The van der Waals surface area contributed by atoms with Crippen molar-refractivity contribution in [1.29, 1.82) is 0 Å². The van der Waals surface area contributed by atoms with E-state index >= 15 is 0 Å². The zero-order valence-corrected chi connectivity index (χ0v) is 17.8. The van der Waals surface area contributed by atoms with Gasteiger partial charge in [0.1, 0.15) is 11.5 Å². The fraction of sp³-hybridized carbons (Fsp3) is 0.217. The van der Waals surface area contributed by atoms with E-state index in [1.54, 1.807) is 23.2 Å². The number of methoxy groups -OCH3 is 1. The molecule has 0 radical (unpaired) electrons. The molecular formula is C23H24N6O3. The Labute approximate surface area is 185 Å². The van der Waals surface area contributed by atoms with Gasteiger partial charge in [-0.3, -0.25) is 9.79 Å². The molecule has 9 nitrogen and oxygen atoms in total. The van der Waals surface area contributed by atoms with E-state index < -0.39 is 0 Å². The molecule has 3 heterocycles. The van der Waals surface area contributed by atoms with Crippen LogP contribution in [0.25, 0.3) is 16.6 Å². The molecule has 0 saturated carbocycles. The van der Waals surface area contributed by atoms with Crippen molar-refractivity contribution < 1.29 is 14.3 Å². The van der Waals surface area contributed by atoms with Crippen LogP contribution in [0.4, 0.5) is 11.6 Å². The van der Waals surface area contributed by atoms with Crippen molar-refractivity contribution >= 4 is 40.9 Å². The van der Waals surface area contributed by atoms with Crippen LogP contribution in [0.3, 0.4) is 0 Å². The summed E-state index contributed by atoms with van der Waals surface area (Å²) in [4.78, 5) is 30.5. The number of anilines is 2. The first kappa shape index (κ1) is 21.3. The van der Waals surface area contributed by atoms with Crippen LogP contribution in [0.15, 0.2) is 59.9 Å². The van der Waals surface area contributed by atoms with Crippen LogP contribution >= 0.6 is 0 Å². The molecule has 164 valence electrons. The number of hydrogen-bond acceptors (Lipinski definition) is 7. The lowest BCUT2D eigenvalue weighted by molar-refractivity contribution is 0.0299. The molecule has 4 rings (SSSR count). The van der Waals surface area contributed by atoms with Crippen LogP contribution in [0.1, 0.15) is 16.2 Å². The second kappa shape index (κ2) is 9.44. The number of benzene rings is 1. The lowest BCUT2D eigenvalue weighted by Crippen LogP contribution is -2.40. The molecule has 0 bridgehead atoms. The van der Waals surface area contributed by atoms with Crippen LogP contribution in [0.2, 0.25) is 0 Å². The number of H-pyrrole nitrogens is 1. The third kappa shape index (κ3) is 4.68. The van der Waals surface area contributed by atoms with Crippen molar-refractivity contribution in [2.75, 3.05) is 38.7 Å². The first-order chi connectivity index (χ1) is 15.6. The highest BCUT2D eigenvalue weighted by Crippen LogP contribution is 2.24. The van der Waals surface area contributed by atoms with Gasteiger partial charge in [0.25, 0.3) is 5.91 Å². The van der Waals surface area contributed by atoms with Crippen molar-refractivity contribution in [1.82, 2.24) is 19.9 Å². The van der Waals surface area contributed by atoms with Crippen molar-refractivity contribution in [2.45, 2.75) is 0 Å². The summed E-state index contributed by atoms with van der Waals surface area (Å²) in [6, 6.07) is 9.33. The number of carbonyl (C=O) groups is 1. The van der Waals surface area contributed by atoms with Gasteiger partial charge in [-0.05, 0) is 37.0 Å². The minimum Gasteiger partial charge on any atom is -0.497 e. The molecule has 1 fully saturated rings. The maximum Gasteiger partial charge on any atom is 0.270 e. The van der Waals surface area contributed by atoms with Gasteiger partial charge in [0.15, 0.2) is 0 Å². The average Bonchev–Trinajstić information content (AvgIpc) is 3.26. The minimum absolute atomic E-state index is 0.0241. The number of fused-ring (bicyclic) bond motifs is 1. The molecule has 0 atom stereocenters. The second-order valence-corrected chi connectivity index (χ2v) is 7.14. The van der Waals surface area contributed by atoms with Gasteiger partial charge in [0, 0.05) is 42.0 Å². The average molecular weight is 432 g/mol. The van der Waals surface area contributed by atoms with E-state index in [2.05, 4.69) is 38.6 Å². The predicted octanol–water partition coefficient (Wildman–Crippen LogP) is 3.38. The van der Waals surface area contributed by atoms with Gasteiger partial charge in [0.05, 0.1) is 31.7 Å². The van der Waals surface area contributed by atoms with Gasteiger partial charge in [-0.2, -0.15) is 0 Å². The van der Waals surface area contributed by atoms with Gasteiger partial charge < -0.3 is 24.7 Å². The van der Waals surface area contributed by atoms with Crippen molar-refractivity contribution in [2.24, 2.45) is 4.99 Å². The Balaban J connectivity index is 1.54. The van der Waals surface area contributed by atoms with E-state index in [1.807, 2.05) is 24.3 Å². The molecule has 1 aliphatic heterocycles. The maximum atomic E-state index is 12.7. The number of aromatic nitrogens is 3. The van der Waals surface area contributed by atoms with Crippen LogP contribution in [0.5, 0.6) is 0 Å². The number of aliphatic imine (C=N–C) groups is 1. The molecule has 32 heavy (non-hydrogen) atoms.